The van der Waals surface area contributed by atoms with Crippen molar-refractivity contribution in [3.05, 3.63) is 58.1 Å². The van der Waals surface area contributed by atoms with Gasteiger partial charge in [0.1, 0.15) is 0 Å². The van der Waals surface area contributed by atoms with Gasteiger partial charge in [-0.15, -0.1) is 0 Å². The second-order valence-electron chi connectivity index (χ2n) is 6.22. The molecule has 0 radical (unpaired) electrons. The van der Waals surface area contributed by atoms with Crippen molar-refractivity contribution in [2.75, 3.05) is 18.2 Å². The molecule has 2 aromatic carbocycles. The predicted molar refractivity (Wildman–Crippen MR) is 104 cm³/mol. The normalized spacial score (nSPS) is 11.1. The number of rotatable bonds is 6. The molecule has 144 valence electrons. The topological polar surface area (TPSA) is 89.5 Å². The summed E-state index contributed by atoms with van der Waals surface area (Å²) in [5.41, 5.74) is 3.13. The Morgan fingerprint density at radius 3 is 2.41 bits per heavy atom. The number of benzene rings is 2. The first-order valence-electron chi connectivity index (χ1n) is 8.07. The number of hydrogen-bond donors (Lipinski definition) is 1. The Morgan fingerprint density at radius 1 is 1.07 bits per heavy atom. The quantitative estimate of drug-likeness (QED) is 0.740. The zero-order valence-electron chi connectivity index (χ0n) is 15.2. The van der Waals surface area contributed by atoms with Crippen molar-refractivity contribution in [2.45, 2.75) is 25.2 Å². The summed E-state index contributed by atoms with van der Waals surface area (Å²) in [5, 5.41) is 2.62. The van der Waals surface area contributed by atoms with E-state index in [1.807, 2.05) is 32.0 Å². The number of amides is 1. The van der Waals surface area contributed by atoms with Crippen LogP contribution in [0, 0.1) is 13.8 Å². The third-order valence-electron chi connectivity index (χ3n) is 3.92. The average Bonchev–Trinajstić information content (AvgIpc) is 2.57. The fourth-order valence-corrected chi connectivity index (χ4v) is 3.11. The van der Waals surface area contributed by atoms with Crippen LogP contribution in [-0.4, -0.2) is 33.2 Å². The molecule has 0 saturated heterocycles. The van der Waals surface area contributed by atoms with Crippen LogP contribution in [0.3, 0.4) is 0 Å². The monoisotopic (exact) mass is 409 g/mol. The lowest BCUT2D eigenvalue weighted by atomic mass is 10.0. The number of halogens is 1. The molecule has 2 rings (SSSR count). The SMILES string of the molecule is Cc1ccc(CC(=O)OCC(=O)Nc2cc(S(C)(=O)=O)ccc2Cl)cc1C. The summed E-state index contributed by atoms with van der Waals surface area (Å²) in [6.07, 6.45) is 1.11. The number of carbonyl (C=O) groups excluding carboxylic acids is 2. The number of carbonyl (C=O) groups is 2. The molecule has 8 heteroatoms. The minimum absolute atomic E-state index is 0.0222. The molecule has 0 aliphatic heterocycles. The summed E-state index contributed by atoms with van der Waals surface area (Å²) in [6, 6.07) is 9.62. The Morgan fingerprint density at radius 2 is 1.78 bits per heavy atom. The van der Waals surface area contributed by atoms with Crippen molar-refractivity contribution in [2.24, 2.45) is 0 Å². The van der Waals surface area contributed by atoms with E-state index in [2.05, 4.69) is 5.32 Å². The molecule has 0 bridgehead atoms. The Kier molecular flexibility index (Phi) is 6.62. The molecule has 6 nitrogen and oxygen atoms in total. The molecule has 0 atom stereocenters. The Balaban J connectivity index is 1.94. The third kappa shape index (κ3) is 6.08. The number of nitrogens with one attached hydrogen (secondary N) is 1. The molecule has 0 aliphatic rings. The van der Waals surface area contributed by atoms with Crippen molar-refractivity contribution in [3.8, 4) is 0 Å². The Bertz CT molecular complexity index is 986. The smallest absolute Gasteiger partial charge is 0.310 e. The van der Waals surface area contributed by atoms with Crippen molar-refractivity contribution in [1.29, 1.82) is 0 Å². The number of anilines is 1. The molecule has 1 amide bonds. The summed E-state index contributed by atoms with van der Waals surface area (Å²) in [6.45, 7) is 3.43. The maximum absolute atomic E-state index is 12.0. The summed E-state index contributed by atoms with van der Waals surface area (Å²) >= 11 is 5.97. The standard InChI is InChI=1S/C19H20ClNO5S/c1-12-4-5-14(8-13(12)2)9-19(23)26-11-18(22)21-17-10-15(27(3,24)25)6-7-16(17)20/h4-8,10H,9,11H2,1-3H3,(H,21,22). The van der Waals surface area contributed by atoms with Gasteiger partial charge in [0.05, 0.1) is 22.0 Å². The predicted octanol–water partition coefficient (Wildman–Crippen LogP) is 3.08. The van der Waals surface area contributed by atoms with Crippen LogP contribution in [0.15, 0.2) is 41.3 Å². The van der Waals surface area contributed by atoms with Crippen molar-refractivity contribution in [1.82, 2.24) is 0 Å². The molecule has 27 heavy (non-hydrogen) atoms. The molecular formula is C19H20ClNO5S. The van der Waals surface area contributed by atoms with Crippen LogP contribution >= 0.6 is 11.6 Å². The molecule has 0 unspecified atom stereocenters. The van der Waals surface area contributed by atoms with E-state index in [-0.39, 0.29) is 22.0 Å². The largest absolute Gasteiger partial charge is 0.455 e. The van der Waals surface area contributed by atoms with Gasteiger partial charge in [-0.2, -0.15) is 0 Å². The number of ether oxygens (including phenoxy) is 1. The van der Waals surface area contributed by atoms with Crippen LogP contribution in [0.5, 0.6) is 0 Å². The highest BCUT2D eigenvalue weighted by Gasteiger charge is 2.14. The van der Waals surface area contributed by atoms with E-state index >= 15 is 0 Å². The van der Waals surface area contributed by atoms with E-state index in [4.69, 9.17) is 16.3 Å². The first-order chi connectivity index (χ1) is 12.6. The van der Waals surface area contributed by atoms with Gasteiger partial charge in [-0.3, -0.25) is 9.59 Å². The van der Waals surface area contributed by atoms with E-state index < -0.39 is 28.3 Å². The van der Waals surface area contributed by atoms with Crippen LogP contribution in [0.25, 0.3) is 0 Å². The minimum atomic E-state index is -3.44. The number of hydrogen-bond acceptors (Lipinski definition) is 5. The molecule has 0 saturated carbocycles. The average molecular weight is 410 g/mol. The van der Waals surface area contributed by atoms with Crippen LogP contribution in [0.1, 0.15) is 16.7 Å². The van der Waals surface area contributed by atoms with E-state index in [1.54, 1.807) is 0 Å². The molecule has 0 aromatic heterocycles. The van der Waals surface area contributed by atoms with Gasteiger partial charge >= 0.3 is 5.97 Å². The Labute approximate surface area is 163 Å². The first-order valence-corrected chi connectivity index (χ1v) is 10.3. The molecule has 0 aliphatic carbocycles. The summed E-state index contributed by atoms with van der Waals surface area (Å²) < 4.78 is 28.2. The molecule has 0 spiro atoms. The van der Waals surface area contributed by atoms with Gasteiger partial charge in [0, 0.05) is 6.26 Å². The fraction of sp³-hybridized carbons (Fsp3) is 0.263. The molecule has 0 heterocycles. The van der Waals surface area contributed by atoms with Crippen LogP contribution in [0.4, 0.5) is 5.69 Å². The zero-order chi connectivity index (χ0) is 20.2. The highest BCUT2D eigenvalue weighted by atomic mass is 35.5. The Hall–Kier alpha value is -2.38. The van der Waals surface area contributed by atoms with Crippen LogP contribution in [-0.2, 0) is 30.6 Å². The number of aryl methyl sites for hydroxylation is 2. The van der Waals surface area contributed by atoms with Gasteiger partial charge in [-0.1, -0.05) is 29.8 Å². The lowest BCUT2D eigenvalue weighted by molar-refractivity contribution is -0.146. The van der Waals surface area contributed by atoms with Crippen molar-refractivity contribution >= 4 is 39.0 Å². The van der Waals surface area contributed by atoms with Gasteiger partial charge in [-0.05, 0) is 48.7 Å². The first kappa shape index (κ1) is 20.9. The van der Waals surface area contributed by atoms with Gasteiger partial charge in [-0.25, -0.2) is 8.42 Å². The van der Waals surface area contributed by atoms with E-state index in [0.717, 1.165) is 22.9 Å². The van der Waals surface area contributed by atoms with Crippen LogP contribution < -0.4 is 5.32 Å². The highest BCUT2D eigenvalue weighted by Crippen LogP contribution is 2.25. The van der Waals surface area contributed by atoms with E-state index in [1.165, 1.54) is 18.2 Å². The maximum Gasteiger partial charge on any atom is 0.310 e. The summed E-state index contributed by atoms with van der Waals surface area (Å²) in [7, 11) is -3.44. The van der Waals surface area contributed by atoms with E-state index in [9.17, 15) is 18.0 Å². The second kappa shape index (κ2) is 8.54. The van der Waals surface area contributed by atoms with Gasteiger partial charge in [0.2, 0.25) is 0 Å². The van der Waals surface area contributed by atoms with Gasteiger partial charge in [0.15, 0.2) is 16.4 Å². The fourth-order valence-electron chi connectivity index (χ4n) is 2.29. The summed E-state index contributed by atoms with van der Waals surface area (Å²) in [5.74, 6) is -1.15. The molecule has 1 N–H and O–H groups in total. The molecule has 0 fully saturated rings. The van der Waals surface area contributed by atoms with Crippen molar-refractivity contribution in [3.63, 3.8) is 0 Å². The third-order valence-corrected chi connectivity index (χ3v) is 5.36. The second-order valence-corrected chi connectivity index (χ2v) is 8.64. The van der Waals surface area contributed by atoms with Crippen LogP contribution in [0.2, 0.25) is 5.02 Å². The highest BCUT2D eigenvalue weighted by molar-refractivity contribution is 7.90. The minimum Gasteiger partial charge on any atom is -0.455 e. The van der Waals surface area contributed by atoms with Gasteiger partial charge < -0.3 is 10.1 Å². The van der Waals surface area contributed by atoms with Gasteiger partial charge in [0.25, 0.3) is 5.91 Å². The number of sulfone groups is 1. The molecular weight excluding hydrogens is 390 g/mol. The van der Waals surface area contributed by atoms with Crippen molar-refractivity contribution < 1.29 is 22.7 Å². The lowest BCUT2D eigenvalue weighted by Crippen LogP contribution is -2.22. The zero-order valence-corrected chi connectivity index (χ0v) is 16.8. The summed E-state index contributed by atoms with van der Waals surface area (Å²) in [4.78, 5) is 23.9. The number of esters is 1. The lowest BCUT2D eigenvalue weighted by Gasteiger charge is -2.10. The maximum atomic E-state index is 12.0. The van der Waals surface area contributed by atoms with E-state index in [0.29, 0.717) is 0 Å². The molecule has 2 aromatic rings.